The van der Waals surface area contributed by atoms with Crippen LogP contribution in [0.3, 0.4) is 0 Å². The zero-order valence-corrected chi connectivity index (χ0v) is 13.7. The maximum Gasteiger partial charge on any atom is 0.0899 e. The van der Waals surface area contributed by atoms with Crippen molar-refractivity contribution in [1.29, 1.82) is 0 Å². The SMILES string of the molecule is CC(C(N)=S)N1CCN(CCN2CCN(C)CC2)CC1. The van der Waals surface area contributed by atoms with E-state index in [-0.39, 0.29) is 6.04 Å². The van der Waals surface area contributed by atoms with E-state index < -0.39 is 0 Å². The van der Waals surface area contributed by atoms with Crippen molar-refractivity contribution in [2.45, 2.75) is 13.0 Å². The molecule has 0 aliphatic carbocycles. The minimum atomic E-state index is 0.241. The van der Waals surface area contributed by atoms with E-state index in [0.29, 0.717) is 4.99 Å². The Hall–Kier alpha value is -0.270. The molecule has 2 saturated heterocycles. The summed E-state index contributed by atoms with van der Waals surface area (Å²) >= 11 is 5.09. The summed E-state index contributed by atoms with van der Waals surface area (Å²) in [5.74, 6) is 0. The summed E-state index contributed by atoms with van der Waals surface area (Å²) in [5.41, 5.74) is 5.73. The average molecular weight is 299 g/mol. The third-order valence-corrected chi connectivity index (χ3v) is 5.04. The fourth-order valence-corrected chi connectivity index (χ4v) is 3.06. The molecule has 0 saturated carbocycles. The van der Waals surface area contributed by atoms with Crippen LogP contribution in [0.2, 0.25) is 0 Å². The summed E-state index contributed by atoms with van der Waals surface area (Å²) in [6.07, 6.45) is 0. The zero-order valence-electron chi connectivity index (χ0n) is 12.9. The topological polar surface area (TPSA) is 39.0 Å². The summed E-state index contributed by atoms with van der Waals surface area (Å²) in [6, 6.07) is 0.241. The predicted molar refractivity (Wildman–Crippen MR) is 88.2 cm³/mol. The molecule has 2 rings (SSSR count). The van der Waals surface area contributed by atoms with Gasteiger partial charge in [0.2, 0.25) is 0 Å². The number of thiocarbonyl (C=S) groups is 1. The van der Waals surface area contributed by atoms with Gasteiger partial charge in [-0.05, 0) is 14.0 Å². The molecule has 0 amide bonds. The molecule has 2 N–H and O–H groups in total. The van der Waals surface area contributed by atoms with Crippen molar-refractivity contribution in [1.82, 2.24) is 19.6 Å². The summed E-state index contributed by atoms with van der Waals surface area (Å²) in [7, 11) is 2.21. The second kappa shape index (κ2) is 7.66. The van der Waals surface area contributed by atoms with E-state index in [4.69, 9.17) is 18.0 Å². The van der Waals surface area contributed by atoms with Gasteiger partial charge >= 0.3 is 0 Å². The number of nitrogens with two attached hydrogens (primary N) is 1. The molecule has 0 spiro atoms. The zero-order chi connectivity index (χ0) is 14.5. The fourth-order valence-electron chi connectivity index (χ4n) is 2.91. The van der Waals surface area contributed by atoms with Crippen LogP contribution in [-0.4, -0.2) is 103 Å². The number of hydrogen-bond donors (Lipinski definition) is 1. The summed E-state index contributed by atoms with van der Waals surface area (Å²) in [6.45, 7) is 13.8. The molecule has 0 radical (unpaired) electrons. The predicted octanol–water partition coefficient (Wildman–Crippen LogP) is -0.474. The Balaban J connectivity index is 1.63. The number of hydrogen-bond acceptors (Lipinski definition) is 5. The van der Waals surface area contributed by atoms with Gasteiger partial charge in [-0.3, -0.25) is 14.7 Å². The summed E-state index contributed by atoms with van der Waals surface area (Å²) in [4.78, 5) is 10.6. The average Bonchev–Trinajstić information content (AvgIpc) is 2.46. The van der Waals surface area contributed by atoms with Crippen LogP contribution in [0, 0.1) is 0 Å². The van der Waals surface area contributed by atoms with Gasteiger partial charge in [-0.2, -0.15) is 0 Å². The lowest BCUT2D eigenvalue weighted by Crippen LogP contribution is -2.54. The van der Waals surface area contributed by atoms with Gasteiger partial charge in [-0.15, -0.1) is 0 Å². The number of piperazine rings is 2. The van der Waals surface area contributed by atoms with Gasteiger partial charge in [0.1, 0.15) is 0 Å². The van der Waals surface area contributed by atoms with Gasteiger partial charge in [0.15, 0.2) is 0 Å². The lowest BCUT2D eigenvalue weighted by atomic mass is 10.2. The third kappa shape index (κ3) is 4.63. The van der Waals surface area contributed by atoms with Crippen molar-refractivity contribution >= 4 is 17.2 Å². The van der Waals surface area contributed by atoms with Crippen LogP contribution in [0.15, 0.2) is 0 Å². The molecule has 1 atom stereocenters. The largest absolute Gasteiger partial charge is 0.392 e. The third-order valence-electron chi connectivity index (χ3n) is 4.69. The van der Waals surface area contributed by atoms with E-state index in [1.807, 2.05) is 0 Å². The first-order chi connectivity index (χ1) is 9.56. The van der Waals surface area contributed by atoms with E-state index in [0.717, 1.165) is 26.2 Å². The first-order valence-corrected chi connectivity index (χ1v) is 8.13. The second-order valence-electron chi connectivity index (χ2n) is 6.10. The van der Waals surface area contributed by atoms with Crippen LogP contribution in [-0.2, 0) is 0 Å². The van der Waals surface area contributed by atoms with Crippen LogP contribution >= 0.6 is 12.2 Å². The van der Waals surface area contributed by atoms with E-state index >= 15 is 0 Å². The highest BCUT2D eigenvalue weighted by atomic mass is 32.1. The van der Waals surface area contributed by atoms with Gasteiger partial charge in [-0.25, -0.2) is 0 Å². The summed E-state index contributed by atoms with van der Waals surface area (Å²) in [5, 5.41) is 0. The molecule has 1 unspecified atom stereocenters. The lowest BCUT2D eigenvalue weighted by Gasteiger charge is -2.39. The molecule has 2 heterocycles. The Labute approximate surface area is 128 Å². The molecule has 2 aliphatic heterocycles. The van der Waals surface area contributed by atoms with Crippen molar-refractivity contribution in [2.24, 2.45) is 5.73 Å². The molecule has 2 fully saturated rings. The van der Waals surface area contributed by atoms with Crippen molar-refractivity contribution in [3.05, 3.63) is 0 Å². The van der Waals surface area contributed by atoms with Crippen molar-refractivity contribution in [3.8, 4) is 0 Å². The van der Waals surface area contributed by atoms with Gasteiger partial charge in [0, 0.05) is 65.4 Å². The first-order valence-electron chi connectivity index (χ1n) is 7.73. The standard InChI is InChI=1S/C14H29N5S/c1-13(14(15)20)19-11-9-18(10-12-19)8-7-17-5-3-16(2)4-6-17/h13H,3-12H2,1-2H3,(H2,15,20). The molecule has 5 nitrogen and oxygen atoms in total. The Morgan fingerprint density at radius 1 is 0.950 bits per heavy atom. The van der Waals surface area contributed by atoms with Gasteiger partial charge in [0.25, 0.3) is 0 Å². The highest BCUT2D eigenvalue weighted by Crippen LogP contribution is 2.07. The second-order valence-corrected chi connectivity index (χ2v) is 6.57. The molecule has 2 aliphatic rings. The molecule has 0 aromatic rings. The van der Waals surface area contributed by atoms with Crippen LogP contribution in [0.5, 0.6) is 0 Å². The lowest BCUT2D eigenvalue weighted by molar-refractivity contribution is 0.0964. The number of rotatable bonds is 5. The van der Waals surface area contributed by atoms with E-state index in [1.165, 1.54) is 39.3 Å². The van der Waals surface area contributed by atoms with Crippen molar-refractivity contribution in [2.75, 3.05) is 72.5 Å². The molecular formula is C14H29N5S. The molecule has 6 heteroatoms. The highest BCUT2D eigenvalue weighted by Gasteiger charge is 2.23. The van der Waals surface area contributed by atoms with E-state index in [1.54, 1.807) is 0 Å². The van der Waals surface area contributed by atoms with Gasteiger partial charge < -0.3 is 10.6 Å². The Kier molecular flexibility index (Phi) is 6.17. The normalized spacial score (nSPS) is 25.7. The molecule has 20 heavy (non-hydrogen) atoms. The van der Waals surface area contributed by atoms with Crippen molar-refractivity contribution in [3.63, 3.8) is 0 Å². The molecular weight excluding hydrogens is 270 g/mol. The smallest absolute Gasteiger partial charge is 0.0899 e. The molecule has 0 aromatic carbocycles. The quantitative estimate of drug-likeness (QED) is 0.692. The number of likely N-dealkylation sites (N-methyl/N-ethyl adjacent to an activating group) is 1. The van der Waals surface area contributed by atoms with E-state index in [9.17, 15) is 0 Å². The monoisotopic (exact) mass is 299 g/mol. The van der Waals surface area contributed by atoms with Gasteiger partial charge in [0.05, 0.1) is 11.0 Å². The molecule has 0 bridgehead atoms. The molecule has 116 valence electrons. The Morgan fingerprint density at radius 2 is 1.40 bits per heavy atom. The van der Waals surface area contributed by atoms with Gasteiger partial charge in [-0.1, -0.05) is 12.2 Å². The maximum absolute atomic E-state index is 5.73. The minimum absolute atomic E-state index is 0.241. The van der Waals surface area contributed by atoms with E-state index in [2.05, 4.69) is 33.6 Å². The van der Waals surface area contributed by atoms with Crippen LogP contribution in [0.25, 0.3) is 0 Å². The summed E-state index contributed by atoms with van der Waals surface area (Å²) < 4.78 is 0. The molecule has 0 aromatic heterocycles. The Morgan fingerprint density at radius 3 is 1.85 bits per heavy atom. The van der Waals surface area contributed by atoms with Crippen LogP contribution < -0.4 is 5.73 Å². The Bertz CT molecular complexity index is 309. The number of nitrogens with zero attached hydrogens (tertiary/aromatic N) is 4. The van der Waals surface area contributed by atoms with Crippen LogP contribution in [0.1, 0.15) is 6.92 Å². The van der Waals surface area contributed by atoms with Crippen LogP contribution in [0.4, 0.5) is 0 Å². The highest BCUT2D eigenvalue weighted by molar-refractivity contribution is 7.80. The minimum Gasteiger partial charge on any atom is -0.392 e. The maximum atomic E-state index is 5.73. The first kappa shape index (κ1) is 16.1. The fraction of sp³-hybridized carbons (Fsp3) is 0.929. The van der Waals surface area contributed by atoms with Crippen molar-refractivity contribution < 1.29 is 0 Å².